The van der Waals surface area contributed by atoms with Gasteiger partial charge in [0.05, 0.1) is 0 Å². The first kappa shape index (κ1) is 19.5. The van der Waals surface area contributed by atoms with Crippen LogP contribution < -0.4 is 20.1 Å². The Bertz CT molecular complexity index is 873. The summed E-state index contributed by atoms with van der Waals surface area (Å²) < 4.78 is 16.3. The number of anilines is 1. The molecule has 2 aromatic carbocycles. The summed E-state index contributed by atoms with van der Waals surface area (Å²) in [5, 5.41) is 5.49. The van der Waals surface area contributed by atoms with Gasteiger partial charge < -0.3 is 19.5 Å². The molecule has 0 fully saturated rings. The molecule has 0 atom stereocenters. The standard InChI is InChI=1S/C21H24N2O5/c1-21(2,3)28-20(25)23-16-6-4-5-15(12-16)19(24)22-13-14-7-8-17-18(11-14)27-10-9-26-17/h4-8,11-12H,9-10,13H2,1-3H3,(H,22,24)(H,23,25). The number of nitrogens with one attached hydrogen (secondary N) is 2. The molecular formula is C21H24N2O5. The third kappa shape index (κ3) is 5.39. The molecule has 0 saturated carbocycles. The van der Waals surface area contributed by atoms with Gasteiger partial charge >= 0.3 is 6.09 Å². The number of benzene rings is 2. The van der Waals surface area contributed by atoms with Crippen LogP contribution in [0.15, 0.2) is 42.5 Å². The lowest BCUT2D eigenvalue weighted by Crippen LogP contribution is -2.27. The zero-order valence-electron chi connectivity index (χ0n) is 16.2. The van der Waals surface area contributed by atoms with Crippen LogP contribution in [0.25, 0.3) is 0 Å². The number of hydrogen-bond acceptors (Lipinski definition) is 5. The lowest BCUT2D eigenvalue weighted by molar-refractivity contribution is 0.0635. The zero-order valence-corrected chi connectivity index (χ0v) is 16.2. The SMILES string of the molecule is CC(C)(C)OC(=O)Nc1cccc(C(=O)NCc2ccc3c(c2)OCCO3)c1. The highest BCUT2D eigenvalue weighted by molar-refractivity contribution is 5.96. The molecule has 148 valence electrons. The van der Waals surface area contributed by atoms with Crippen LogP contribution in [0.2, 0.25) is 0 Å². The molecule has 2 N–H and O–H groups in total. The van der Waals surface area contributed by atoms with E-state index in [4.69, 9.17) is 14.2 Å². The highest BCUT2D eigenvalue weighted by atomic mass is 16.6. The Labute approximate surface area is 164 Å². The number of rotatable bonds is 4. The van der Waals surface area contributed by atoms with E-state index in [9.17, 15) is 9.59 Å². The van der Waals surface area contributed by atoms with Gasteiger partial charge in [-0.25, -0.2) is 4.79 Å². The Balaban J connectivity index is 1.59. The van der Waals surface area contributed by atoms with Crippen LogP contribution in [-0.4, -0.2) is 30.8 Å². The summed E-state index contributed by atoms with van der Waals surface area (Å²) in [6, 6.07) is 12.3. The van der Waals surface area contributed by atoms with E-state index in [0.29, 0.717) is 42.5 Å². The third-order valence-electron chi connectivity index (χ3n) is 3.83. The number of carbonyl (C=O) groups excluding carboxylic acids is 2. The monoisotopic (exact) mass is 384 g/mol. The molecule has 1 heterocycles. The minimum Gasteiger partial charge on any atom is -0.486 e. The van der Waals surface area contributed by atoms with Crippen molar-refractivity contribution in [3.8, 4) is 11.5 Å². The smallest absolute Gasteiger partial charge is 0.412 e. The van der Waals surface area contributed by atoms with E-state index in [1.807, 2.05) is 18.2 Å². The molecule has 0 unspecified atom stereocenters. The van der Waals surface area contributed by atoms with E-state index >= 15 is 0 Å². The first-order valence-electron chi connectivity index (χ1n) is 9.07. The molecule has 7 heteroatoms. The third-order valence-corrected chi connectivity index (χ3v) is 3.83. The molecular weight excluding hydrogens is 360 g/mol. The Morgan fingerprint density at radius 3 is 2.54 bits per heavy atom. The Kier molecular flexibility index (Phi) is 5.73. The van der Waals surface area contributed by atoms with E-state index in [1.54, 1.807) is 45.0 Å². The lowest BCUT2D eigenvalue weighted by atomic mass is 10.1. The van der Waals surface area contributed by atoms with Crippen LogP contribution >= 0.6 is 0 Å². The van der Waals surface area contributed by atoms with E-state index < -0.39 is 11.7 Å². The highest BCUT2D eigenvalue weighted by Crippen LogP contribution is 2.30. The minimum absolute atomic E-state index is 0.247. The second-order valence-electron chi connectivity index (χ2n) is 7.37. The van der Waals surface area contributed by atoms with Gasteiger partial charge in [-0.15, -0.1) is 0 Å². The average molecular weight is 384 g/mol. The molecule has 1 aliphatic heterocycles. The van der Waals surface area contributed by atoms with Gasteiger partial charge in [-0.2, -0.15) is 0 Å². The maximum Gasteiger partial charge on any atom is 0.412 e. The predicted octanol–water partition coefficient (Wildman–Crippen LogP) is 3.73. The van der Waals surface area contributed by atoms with Gasteiger partial charge in [-0.3, -0.25) is 10.1 Å². The van der Waals surface area contributed by atoms with Crippen molar-refractivity contribution in [2.75, 3.05) is 18.5 Å². The minimum atomic E-state index is -0.595. The Morgan fingerprint density at radius 2 is 1.79 bits per heavy atom. The van der Waals surface area contributed by atoms with Crippen molar-refractivity contribution in [1.29, 1.82) is 0 Å². The maximum absolute atomic E-state index is 12.5. The summed E-state index contributed by atoms with van der Waals surface area (Å²) in [5.41, 5.74) is 1.23. The number of ether oxygens (including phenoxy) is 3. The molecule has 0 saturated heterocycles. The molecule has 7 nitrogen and oxygen atoms in total. The quantitative estimate of drug-likeness (QED) is 0.839. The van der Waals surface area contributed by atoms with E-state index in [-0.39, 0.29) is 5.91 Å². The molecule has 0 aromatic heterocycles. The first-order valence-corrected chi connectivity index (χ1v) is 9.07. The molecule has 0 spiro atoms. The second kappa shape index (κ2) is 8.21. The second-order valence-corrected chi connectivity index (χ2v) is 7.37. The normalized spacial score (nSPS) is 12.8. The van der Waals surface area contributed by atoms with Crippen molar-refractivity contribution in [1.82, 2.24) is 5.32 Å². The van der Waals surface area contributed by atoms with E-state index in [0.717, 1.165) is 5.56 Å². The van der Waals surface area contributed by atoms with E-state index in [2.05, 4.69) is 10.6 Å². The molecule has 0 aliphatic carbocycles. The summed E-state index contributed by atoms with van der Waals surface area (Å²) in [4.78, 5) is 24.3. The summed E-state index contributed by atoms with van der Waals surface area (Å²) >= 11 is 0. The van der Waals surface area contributed by atoms with Gasteiger partial charge in [0.25, 0.3) is 5.91 Å². The van der Waals surface area contributed by atoms with Gasteiger partial charge in [0.2, 0.25) is 0 Å². The van der Waals surface area contributed by atoms with Crippen molar-refractivity contribution in [2.45, 2.75) is 32.9 Å². The number of carbonyl (C=O) groups is 2. The molecule has 0 radical (unpaired) electrons. The van der Waals surface area contributed by atoms with Crippen LogP contribution in [-0.2, 0) is 11.3 Å². The fourth-order valence-corrected chi connectivity index (χ4v) is 2.64. The molecule has 28 heavy (non-hydrogen) atoms. The number of hydrogen-bond donors (Lipinski definition) is 2. The van der Waals surface area contributed by atoms with Gasteiger partial charge in [0, 0.05) is 17.8 Å². The van der Waals surface area contributed by atoms with Crippen molar-refractivity contribution >= 4 is 17.7 Å². The molecule has 2 aromatic rings. The lowest BCUT2D eigenvalue weighted by Gasteiger charge is -2.19. The average Bonchev–Trinajstić information content (AvgIpc) is 2.64. The van der Waals surface area contributed by atoms with Crippen molar-refractivity contribution in [2.24, 2.45) is 0 Å². The van der Waals surface area contributed by atoms with Crippen molar-refractivity contribution < 1.29 is 23.8 Å². The predicted molar refractivity (Wildman–Crippen MR) is 105 cm³/mol. The first-order chi connectivity index (χ1) is 13.3. The molecule has 0 bridgehead atoms. The Hall–Kier alpha value is -3.22. The summed E-state index contributed by atoms with van der Waals surface area (Å²) in [6.45, 7) is 6.76. The summed E-state index contributed by atoms with van der Waals surface area (Å²) in [6.07, 6.45) is -0.568. The molecule has 2 amide bonds. The van der Waals surface area contributed by atoms with E-state index in [1.165, 1.54) is 0 Å². The van der Waals surface area contributed by atoms with Crippen LogP contribution in [0.4, 0.5) is 10.5 Å². The largest absolute Gasteiger partial charge is 0.486 e. The highest BCUT2D eigenvalue weighted by Gasteiger charge is 2.17. The topological polar surface area (TPSA) is 85.9 Å². The fourth-order valence-electron chi connectivity index (χ4n) is 2.64. The zero-order chi connectivity index (χ0) is 20.1. The van der Waals surface area contributed by atoms with Gasteiger partial charge in [-0.1, -0.05) is 12.1 Å². The summed E-state index contributed by atoms with van der Waals surface area (Å²) in [7, 11) is 0. The molecule has 3 rings (SSSR count). The number of fused-ring (bicyclic) bond motifs is 1. The Morgan fingerprint density at radius 1 is 1.04 bits per heavy atom. The number of amides is 2. The van der Waals surface area contributed by atoms with Gasteiger partial charge in [-0.05, 0) is 56.7 Å². The van der Waals surface area contributed by atoms with Crippen molar-refractivity contribution in [3.63, 3.8) is 0 Å². The van der Waals surface area contributed by atoms with Crippen LogP contribution in [0.1, 0.15) is 36.7 Å². The van der Waals surface area contributed by atoms with Crippen molar-refractivity contribution in [3.05, 3.63) is 53.6 Å². The fraction of sp³-hybridized carbons (Fsp3) is 0.333. The van der Waals surface area contributed by atoms with Crippen LogP contribution in [0.5, 0.6) is 11.5 Å². The maximum atomic E-state index is 12.5. The summed E-state index contributed by atoms with van der Waals surface area (Å²) in [5.74, 6) is 1.14. The van der Waals surface area contributed by atoms with Crippen LogP contribution in [0, 0.1) is 0 Å². The van der Waals surface area contributed by atoms with Crippen LogP contribution in [0.3, 0.4) is 0 Å². The molecule has 1 aliphatic rings. The van der Waals surface area contributed by atoms with Gasteiger partial charge in [0.15, 0.2) is 11.5 Å². The van der Waals surface area contributed by atoms with Gasteiger partial charge in [0.1, 0.15) is 18.8 Å².